The number of hydrogen-bond acceptors (Lipinski definition) is 3. The molecule has 1 aromatic heterocycles. The van der Waals surface area contributed by atoms with Gasteiger partial charge in [-0.1, -0.05) is 0 Å². The van der Waals surface area contributed by atoms with Crippen LogP contribution in [0.25, 0.3) is 0 Å². The van der Waals surface area contributed by atoms with E-state index in [0.29, 0.717) is 15.9 Å². The van der Waals surface area contributed by atoms with E-state index >= 15 is 0 Å². The lowest BCUT2D eigenvalue weighted by Crippen LogP contribution is -2.68. The fourth-order valence-corrected chi connectivity index (χ4v) is 2.69. The third-order valence-corrected chi connectivity index (χ3v) is 3.74. The summed E-state index contributed by atoms with van der Waals surface area (Å²) in [6.07, 6.45) is -3.29. The van der Waals surface area contributed by atoms with E-state index in [1.807, 2.05) is 0 Å². The van der Waals surface area contributed by atoms with E-state index in [2.05, 4.69) is 25.9 Å². The summed E-state index contributed by atoms with van der Waals surface area (Å²) in [5, 5.41) is 0. The summed E-state index contributed by atoms with van der Waals surface area (Å²) in [4.78, 5) is 7.87. The van der Waals surface area contributed by atoms with Gasteiger partial charge in [0.25, 0.3) is 6.43 Å². The van der Waals surface area contributed by atoms with Gasteiger partial charge in [0.15, 0.2) is 6.10 Å². The summed E-state index contributed by atoms with van der Waals surface area (Å²) in [6.45, 7) is 1.66. The number of alkyl halides is 2. The van der Waals surface area contributed by atoms with Crippen LogP contribution in [0.5, 0.6) is 0 Å². The van der Waals surface area contributed by atoms with Gasteiger partial charge in [0, 0.05) is 5.56 Å². The number of fused-ring (bicyclic) bond motifs is 1. The van der Waals surface area contributed by atoms with E-state index in [9.17, 15) is 13.2 Å². The molecule has 0 amide bonds. The van der Waals surface area contributed by atoms with E-state index in [1.54, 1.807) is 6.92 Å². The number of halogens is 4. The summed E-state index contributed by atoms with van der Waals surface area (Å²) < 4.78 is 44.1. The lowest BCUT2D eigenvalue weighted by Gasteiger charge is -2.54. The number of nitrogens with zero attached hydrogens (tertiary/aromatic N) is 2. The van der Waals surface area contributed by atoms with Gasteiger partial charge in [-0.3, -0.25) is 4.99 Å². The van der Waals surface area contributed by atoms with Crippen molar-refractivity contribution in [2.75, 3.05) is 0 Å². The Kier molecular flexibility index (Phi) is 2.54. The number of aromatic nitrogens is 1. The smallest absolute Gasteiger partial charge is 0.269 e. The predicted octanol–water partition coefficient (Wildman–Crippen LogP) is 2.69. The first kappa shape index (κ1) is 12.1. The molecule has 2 aliphatic heterocycles. The fourth-order valence-electron chi connectivity index (χ4n) is 2.36. The molecule has 0 N–H and O–H groups in total. The molecule has 96 valence electrons. The minimum absolute atomic E-state index is 0.297. The Labute approximate surface area is 109 Å². The van der Waals surface area contributed by atoms with Crippen molar-refractivity contribution in [2.45, 2.75) is 31.1 Å². The molecule has 3 heterocycles. The quantitative estimate of drug-likeness (QED) is 0.785. The van der Waals surface area contributed by atoms with Crippen LogP contribution in [0.15, 0.2) is 21.9 Å². The first-order chi connectivity index (χ1) is 8.43. The van der Waals surface area contributed by atoms with Gasteiger partial charge in [0.05, 0.1) is 11.9 Å². The van der Waals surface area contributed by atoms with Gasteiger partial charge in [0.1, 0.15) is 22.1 Å². The van der Waals surface area contributed by atoms with E-state index in [4.69, 9.17) is 4.74 Å². The van der Waals surface area contributed by atoms with Gasteiger partial charge in [0.2, 0.25) is 0 Å². The second-order valence-electron chi connectivity index (χ2n) is 4.44. The van der Waals surface area contributed by atoms with E-state index in [0.717, 1.165) is 6.20 Å². The van der Waals surface area contributed by atoms with E-state index in [-0.39, 0.29) is 0 Å². The Morgan fingerprint density at radius 3 is 2.78 bits per heavy atom. The highest BCUT2D eigenvalue weighted by molar-refractivity contribution is 9.10. The van der Waals surface area contributed by atoms with Crippen molar-refractivity contribution in [1.82, 2.24) is 4.98 Å². The normalized spacial score (nSPS) is 33.6. The van der Waals surface area contributed by atoms with Crippen LogP contribution in [0.4, 0.5) is 13.2 Å². The predicted molar refractivity (Wildman–Crippen MR) is 61.3 cm³/mol. The van der Waals surface area contributed by atoms with Crippen LogP contribution >= 0.6 is 15.9 Å². The molecule has 3 rings (SSSR count). The van der Waals surface area contributed by atoms with Crippen LogP contribution in [-0.2, 0) is 10.3 Å². The average Bonchev–Trinajstić information content (AvgIpc) is 2.28. The zero-order chi connectivity index (χ0) is 13.1. The number of ether oxygens (including phenoxy) is 1. The minimum Gasteiger partial charge on any atom is -0.354 e. The van der Waals surface area contributed by atoms with Crippen molar-refractivity contribution < 1.29 is 17.9 Å². The van der Waals surface area contributed by atoms with Crippen molar-refractivity contribution in [3.63, 3.8) is 0 Å². The SMILES string of the molecule is CC1(c2cc(Br)ncc2F)N=C2C(C(F)F)OC21. The molecule has 3 unspecified atom stereocenters. The molecule has 3 atom stereocenters. The molecular formula is C11H8BrF3N2O. The molecule has 0 spiro atoms. The maximum atomic E-state index is 13.7. The van der Waals surface area contributed by atoms with E-state index < -0.39 is 30.0 Å². The molecule has 0 aromatic carbocycles. The lowest BCUT2D eigenvalue weighted by atomic mass is 9.74. The maximum Gasteiger partial charge on any atom is 0.269 e. The maximum absolute atomic E-state index is 13.7. The average molecular weight is 321 g/mol. The Balaban J connectivity index is 1.96. The van der Waals surface area contributed by atoms with Crippen LogP contribution < -0.4 is 0 Å². The molecule has 7 heteroatoms. The zero-order valence-electron chi connectivity index (χ0n) is 9.20. The minimum atomic E-state index is -2.58. The number of pyridine rings is 1. The third-order valence-electron chi connectivity index (χ3n) is 3.31. The molecule has 0 bridgehead atoms. The molecule has 2 aliphatic rings. The zero-order valence-corrected chi connectivity index (χ0v) is 10.8. The molecule has 3 nitrogen and oxygen atoms in total. The van der Waals surface area contributed by atoms with Crippen molar-refractivity contribution >= 4 is 21.6 Å². The topological polar surface area (TPSA) is 34.5 Å². The highest BCUT2D eigenvalue weighted by Crippen LogP contribution is 2.48. The molecule has 18 heavy (non-hydrogen) atoms. The lowest BCUT2D eigenvalue weighted by molar-refractivity contribution is -0.123. The van der Waals surface area contributed by atoms with Crippen LogP contribution in [0.3, 0.4) is 0 Å². The molecule has 0 radical (unpaired) electrons. The second-order valence-corrected chi connectivity index (χ2v) is 5.25. The molecule has 1 saturated heterocycles. The van der Waals surface area contributed by atoms with Crippen LogP contribution in [0.2, 0.25) is 0 Å². The van der Waals surface area contributed by atoms with Crippen LogP contribution in [0, 0.1) is 5.82 Å². The van der Waals surface area contributed by atoms with Crippen molar-refractivity contribution in [3.05, 3.63) is 28.2 Å². The fraction of sp³-hybridized carbons (Fsp3) is 0.455. The first-order valence-electron chi connectivity index (χ1n) is 5.28. The first-order valence-corrected chi connectivity index (χ1v) is 6.07. The van der Waals surface area contributed by atoms with Crippen LogP contribution in [0.1, 0.15) is 12.5 Å². The van der Waals surface area contributed by atoms with Gasteiger partial charge in [-0.2, -0.15) is 0 Å². The van der Waals surface area contributed by atoms with Gasteiger partial charge in [-0.25, -0.2) is 18.2 Å². The second kappa shape index (κ2) is 3.77. The van der Waals surface area contributed by atoms with Crippen LogP contribution in [-0.4, -0.2) is 29.3 Å². The molecule has 1 fully saturated rings. The highest BCUT2D eigenvalue weighted by atomic mass is 79.9. The number of rotatable bonds is 2. The third kappa shape index (κ3) is 1.46. The van der Waals surface area contributed by atoms with Crippen molar-refractivity contribution in [3.8, 4) is 0 Å². The largest absolute Gasteiger partial charge is 0.354 e. The summed E-state index contributed by atoms with van der Waals surface area (Å²) >= 11 is 3.14. The summed E-state index contributed by atoms with van der Waals surface area (Å²) in [5.41, 5.74) is -0.318. The van der Waals surface area contributed by atoms with Gasteiger partial charge >= 0.3 is 0 Å². The Morgan fingerprint density at radius 2 is 2.22 bits per heavy atom. The number of hydrogen-bond donors (Lipinski definition) is 0. The van der Waals surface area contributed by atoms with Gasteiger partial charge in [-0.15, -0.1) is 0 Å². The van der Waals surface area contributed by atoms with E-state index in [1.165, 1.54) is 6.07 Å². The van der Waals surface area contributed by atoms with Gasteiger partial charge in [-0.05, 0) is 28.9 Å². The molecule has 1 aromatic rings. The van der Waals surface area contributed by atoms with Crippen molar-refractivity contribution in [2.24, 2.45) is 4.99 Å². The standard InChI is InChI=1S/C11H8BrF3N2O/c1-11(4-2-6(12)16-3-5(4)13)9-7(17-11)8(18-9)10(14)15/h2-3,8-10H,1H3. The Morgan fingerprint density at radius 1 is 1.50 bits per heavy atom. The Bertz CT molecular complexity index is 551. The van der Waals surface area contributed by atoms with Crippen molar-refractivity contribution in [1.29, 1.82) is 0 Å². The highest BCUT2D eigenvalue weighted by Gasteiger charge is 2.61. The Hall–Kier alpha value is -0.950. The monoisotopic (exact) mass is 320 g/mol. The van der Waals surface area contributed by atoms with Gasteiger partial charge < -0.3 is 4.74 Å². The summed E-state index contributed by atoms with van der Waals surface area (Å²) in [5.74, 6) is -0.521. The molecule has 0 aliphatic carbocycles. The molecule has 0 saturated carbocycles. The molecular weight excluding hydrogens is 313 g/mol. The number of aliphatic imine (C=N–C) groups is 1. The summed E-state index contributed by atoms with van der Waals surface area (Å²) in [6, 6.07) is 1.49. The summed E-state index contributed by atoms with van der Waals surface area (Å²) in [7, 11) is 0.